The molecule has 0 saturated heterocycles. The van der Waals surface area contributed by atoms with E-state index in [1.54, 1.807) is 0 Å². The lowest BCUT2D eigenvalue weighted by molar-refractivity contribution is 0.112. The molecule has 2 heteroatoms. The van der Waals surface area contributed by atoms with E-state index in [2.05, 4.69) is 0 Å². The highest BCUT2D eigenvalue weighted by molar-refractivity contribution is 5.77. The summed E-state index contributed by atoms with van der Waals surface area (Å²) in [6, 6.07) is 11.9. The van der Waals surface area contributed by atoms with Crippen molar-refractivity contribution in [3.8, 4) is 5.75 Å². The lowest BCUT2D eigenvalue weighted by atomic mass is 10.0. The van der Waals surface area contributed by atoms with Gasteiger partial charge in [-0.3, -0.25) is 4.79 Å². The predicted octanol–water partition coefficient (Wildman–Crippen LogP) is 4.00. The summed E-state index contributed by atoms with van der Waals surface area (Å²) >= 11 is 0. The van der Waals surface area contributed by atoms with E-state index in [1.807, 2.05) is 57.2 Å². The number of hydrogen-bond acceptors (Lipinski definition) is 2. The van der Waals surface area contributed by atoms with Gasteiger partial charge in [-0.25, -0.2) is 0 Å². The molecule has 0 spiro atoms. The van der Waals surface area contributed by atoms with Crippen molar-refractivity contribution in [1.29, 1.82) is 0 Å². The van der Waals surface area contributed by atoms with Gasteiger partial charge in [0.15, 0.2) is 0 Å². The van der Waals surface area contributed by atoms with Crippen LogP contribution in [0.4, 0.5) is 0 Å². The Hall–Kier alpha value is -2.09. The van der Waals surface area contributed by atoms with E-state index in [1.165, 1.54) is 5.56 Å². The molecule has 0 heterocycles. The van der Waals surface area contributed by atoms with Gasteiger partial charge in [-0.2, -0.15) is 0 Å². The molecule has 0 saturated carbocycles. The van der Waals surface area contributed by atoms with Gasteiger partial charge in [-0.1, -0.05) is 23.8 Å². The summed E-state index contributed by atoms with van der Waals surface area (Å²) in [6.07, 6.45) is 0.893. The number of aryl methyl sites for hydroxylation is 3. The maximum Gasteiger partial charge on any atom is 0.150 e. The van der Waals surface area contributed by atoms with Gasteiger partial charge >= 0.3 is 0 Å². The number of carbonyl (C=O) groups is 1. The van der Waals surface area contributed by atoms with Gasteiger partial charge in [-0.15, -0.1) is 0 Å². The summed E-state index contributed by atoms with van der Waals surface area (Å²) in [5, 5.41) is 0. The third-order valence-electron chi connectivity index (χ3n) is 3.27. The zero-order chi connectivity index (χ0) is 13.8. The molecule has 0 radical (unpaired) electrons. The van der Waals surface area contributed by atoms with E-state index in [0.717, 1.165) is 34.3 Å². The maximum absolute atomic E-state index is 11.0. The first-order chi connectivity index (χ1) is 9.10. The smallest absolute Gasteiger partial charge is 0.150 e. The molecule has 2 aromatic rings. The first-order valence-corrected chi connectivity index (χ1v) is 6.35. The van der Waals surface area contributed by atoms with Crippen molar-refractivity contribution in [2.75, 3.05) is 0 Å². The monoisotopic (exact) mass is 254 g/mol. The molecule has 0 atom stereocenters. The van der Waals surface area contributed by atoms with Crippen molar-refractivity contribution in [2.24, 2.45) is 0 Å². The molecular formula is C17H18O2. The standard InChI is InChI=1S/C17H18O2/c1-12-4-6-17(7-5-12)19-11-16-9-15(10-18)13(2)8-14(16)3/h4-10H,11H2,1-3H3. The molecule has 0 aliphatic rings. The summed E-state index contributed by atoms with van der Waals surface area (Å²) in [6.45, 7) is 6.51. The molecular weight excluding hydrogens is 236 g/mol. The first-order valence-electron chi connectivity index (χ1n) is 6.35. The number of aldehydes is 1. The second kappa shape index (κ2) is 5.70. The summed E-state index contributed by atoms with van der Waals surface area (Å²) in [5.41, 5.74) is 5.14. The lowest BCUT2D eigenvalue weighted by Crippen LogP contribution is -2.00. The highest BCUT2D eigenvalue weighted by atomic mass is 16.5. The molecule has 0 unspecified atom stereocenters. The van der Waals surface area contributed by atoms with Gasteiger partial charge in [0.05, 0.1) is 0 Å². The van der Waals surface area contributed by atoms with E-state index in [0.29, 0.717) is 6.61 Å². The van der Waals surface area contributed by atoms with Crippen molar-refractivity contribution < 1.29 is 9.53 Å². The minimum Gasteiger partial charge on any atom is -0.489 e. The van der Waals surface area contributed by atoms with E-state index < -0.39 is 0 Å². The number of carbonyl (C=O) groups excluding carboxylic acids is 1. The first kappa shape index (κ1) is 13.3. The van der Waals surface area contributed by atoms with Crippen LogP contribution < -0.4 is 4.74 Å². The van der Waals surface area contributed by atoms with Crippen LogP contribution >= 0.6 is 0 Å². The molecule has 98 valence electrons. The molecule has 2 aromatic carbocycles. The van der Waals surface area contributed by atoms with Crippen LogP contribution in [0.15, 0.2) is 36.4 Å². The van der Waals surface area contributed by atoms with Crippen LogP contribution in [0.2, 0.25) is 0 Å². The van der Waals surface area contributed by atoms with Crippen LogP contribution in [0.3, 0.4) is 0 Å². The Morgan fingerprint density at radius 1 is 1.00 bits per heavy atom. The third-order valence-corrected chi connectivity index (χ3v) is 3.27. The summed E-state index contributed by atoms with van der Waals surface area (Å²) in [5.74, 6) is 0.846. The van der Waals surface area contributed by atoms with Gasteiger partial charge in [-0.05, 0) is 55.7 Å². The molecule has 0 aromatic heterocycles. The molecule has 2 nitrogen and oxygen atoms in total. The van der Waals surface area contributed by atoms with Gasteiger partial charge in [0.1, 0.15) is 18.6 Å². The predicted molar refractivity (Wildman–Crippen MR) is 76.8 cm³/mol. The molecule has 0 N–H and O–H groups in total. The van der Waals surface area contributed by atoms with Crippen LogP contribution in [0.1, 0.15) is 32.6 Å². The fourth-order valence-electron chi connectivity index (χ4n) is 1.99. The SMILES string of the molecule is Cc1ccc(OCc2cc(C=O)c(C)cc2C)cc1. The molecule has 2 rings (SSSR count). The third kappa shape index (κ3) is 3.22. The quantitative estimate of drug-likeness (QED) is 0.771. The number of benzene rings is 2. The van der Waals surface area contributed by atoms with Crippen molar-refractivity contribution in [2.45, 2.75) is 27.4 Å². The number of hydrogen-bond donors (Lipinski definition) is 0. The molecule has 0 bridgehead atoms. The van der Waals surface area contributed by atoms with Gasteiger partial charge in [0, 0.05) is 5.56 Å². The Kier molecular flexibility index (Phi) is 4.00. The van der Waals surface area contributed by atoms with E-state index in [9.17, 15) is 4.79 Å². The van der Waals surface area contributed by atoms with Gasteiger partial charge < -0.3 is 4.74 Å². The Bertz CT molecular complexity index is 583. The normalized spacial score (nSPS) is 10.3. The fourth-order valence-corrected chi connectivity index (χ4v) is 1.99. The van der Waals surface area contributed by atoms with Crippen LogP contribution in [0, 0.1) is 20.8 Å². The van der Waals surface area contributed by atoms with Crippen molar-refractivity contribution in [3.63, 3.8) is 0 Å². The van der Waals surface area contributed by atoms with Crippen molar-refractivity contribution in [3.05, 3.63) is 64.2 Å². The van der Waals surface area contributed by atoms with Crippen molar-refractivity contribution >= 4 is 6.29 Å². The Labute approximate surface area is 114 Å². The molecule has 0 amide bonds. The summed E-state index contributed by atoms with van der Waals surface area (Å²) < 4.78 is 5.75. The minimum atomic E-state index is 0.482. The fraction of sp³-hybridized carbons (Fsp3) is 0.235. The highest BCUT2D eigenvalue weighted by Crippen LogP contribution is 2.18. The van der Waals surface area contributed by atoms with Gasteiger partial charge in [0.25, 0.3) is 0 Å². The second-order valence-electron chi connectivity index (χ2n) is 4.85. The highest BCUT2D eigenvalue weighted by Gasteiger charge is 2.05. The maximum atomic E-state index is 11.0. The van der Waals surface area contributed by atoms with Crippen molar-refractivity contribution in [1.82, 2.24) is 0 Å². The topological polar surface area (TPSA) is 26.3 Å². The molecule has 0 aliphatic heterocycles. The number of rotatable bonds is 4. The minimum absolute atomic E-state index is 0.482. The molecule has 0 fully saturated rings. The average molecular weight is 254 g/mol. The average Bonchev–Trinajstić information content (AvgIpc) is 2.40. The van der Waals surface area contributed by atoms with E-state index >= 15 is 0 Å². The molecule has 19 heavy (non-hydrogen) atoms. The number of ether oxygens (including phenoxy) is 1. The summed E-state index contributed by atoms with van der Waals surface area (Å²) in [4.78, 5) is 11.0. The van der Waals surface area contributed by atoms with Gasteiger partial charge in [0.2, 0.25) is 0 Å². The molecule has 0 aliphatic carbocycles. The zero-order valence-electron chi connectivity index (χ0n) is 11.6. The Balaban J connectivity index is 2.15. The Morgan fingerprint density at radius 3 is 2.32 bits per heavy atom. The largest absolute Gasteiger partial charge is 0.489 e. The van der Waals surface area contributed by atoms with E-state index in [-0.39, 0.29) is 0 Å². The summed E-state index contributed by atoms with van der Waals surface area (Å²) in [7, 11) is 0. The van der Waals surface area contributed by atoms with Crippen LogP contribution in [0.5, 0.6) is 5.75 Å². The van der Waals surface area contributed by atoms with Crippen LogP contribution in [-0.4, -0.2) is 6.29 Å². The lowest BCUT2D eigenvalue weighted by Gasteiger charge is -2.11. The zero-order valence-corrected chi connectivity index (χ0v) is 11.6. The van der Waals surface area contributed by atoms with E-state index in [4.69, 9.17) is 4.74 Å². The van der Waals surface area contributed by atoms with Crippen LogP contribution in [0.25, 0.3) is 0 Å². The Morgan fingerprint density at radius 2 is 1.68 bits per heavy atom. The second-order valence-corrected chi connectivity index (χ2v) is 4.85. The van der Waals surface area contributed by atoms with Crippen LogP contribution in [-0.2, 0) is 6.61 Å².